The van der Waals surface area contributed by atoms with Gasteiger partial charge in [0.05, 0.1) is 0 Å². The standard InChI is InChI=1S/C18H28BFN2O6S/c1-12-14(10-15(29(20,26)27)13(2)16(12)19(24)25)11-21-6-8-22(9-7-21)17(23)28-18(3,4)5/h10,24-25H,6-9,11H2,1-5H3. The Labute approximate surface area is 171 Å². The number of hydrogen-bond donors (Lipinski definition) is 2. The van der Waals surface area contributed by atoms with Crippen molar-refractivity contribution in [3.63, 3.8) is 0 Å². The summed E-state index contributed by atoms with van der Waals surface area (Å²) in [6.07, 6.45) is -0.389. The molecule has 11 heteroatoms. The molecule has 0 atom stereocenters. The molecule has 1 heterocycles. The SMILES string of the molecule is Cc1c(CN2CCN(C(=O)OC(C)(C)C)CC2)cc(S(=O)(=O)F)c(C)c1B(O)O. The second-order valence-electron chi connectivity index (χ2n) is 8.25. The van der Waals surface area contributed by atoms with Crippen molar-refractivity contribution in [2.75, 3.05) is 26.2 Å². The summed E-state index contributed by atoms with van der Waals surface area (Å²) < 4.78 is 42.1. The van der Waals surface area contributed by atoms with Crippen molar-refractivity contribution in [1.82, 2.24) is 9.80 Å². The van der Waals surface area contributed by atoms with E-state index in [1.165, 1.54) is 13.0 Å². The normalized spacial score (nSPS) is 16.1. The number of carbonyl (C=O) groups excluding carboxylic acids is 1. The Balaban J connectivity index is 2.19. The van der Waals surface area contributed by atoms with E-state index in [1.807, 2.05) is 4.90 Å². The highest BCUT2D eigenvalue weighted by Gasteiger charge is 2.29. The van der Waals surface area contributed by atoms with Crippen LogP contribution in [0, 0.1) is 13.8 Å². The molecule has 0 saturated carbocycles. The largest absolute Gasteiger partial charge is 0.489 e. The average molecular weight is 430 g/mol. The molecular formula is C18H28BFN2O6S. The number of amides is 1. The maximum Gasteiger partial charge on any atom is 0.489 e. The number of halogens is 1. The number of rotatable bonds is 4. The van der Waals surface area contributed by atoms with E-state index in [1.54, 1.807) is 32.6 Å². The first-order chi connectivity index (χ1) is 13.2. The number of ether oxygens (including phenoxy) is 1. The zero-order valence-corrected chi connectivity index (χ0v) is 18.2. The molecule has 1 aliphatic heterocycles. The van der Waals surface area contributed by atoms with Crippen LogP contribution in [-0.4, -0.2) is 73.3 Å². The van der Waals surface area contributed by atoms with E-state index >= 15 is 0 Å². The highest BCUT2D eigenvalue weighted by atomic mass is 32.3. The van der Waals surface area contributed by atoms with E-state index in [9.17, 15) is 27.1 Å². The van der Waals surface area contributed by atoms with Crippen LogP contribution in [0.4, 0.5) is 8.68 Å². The fraction of sp³-hybridized carbons (Fsp3) is 0.611. The molecule has 0 radical (unpaired) electrons. The summed E-state index contributed by atoms with van der Waals surface area (Å²) in [5.41, 5.74) is 0.382. The lowest BCUT2D eigenvalue weighted by Crippen LogP contribution is -2.49. The van der Waals surface area contributed by atoms with Gasteiger partial charge in [-0.2, -0.15) is 8.42 Å². The van der Waals surface area contributed by atoms with E-state index in [4.69, 9.17) is 4.74 Å². The summed E-state index contributed by atoms with van der Waals surface area (Å²) in [6.45, 7) is 10.6. The lowest BCUT2D eigenvalue weighted by Gasteiger charge is -2.36. The third-order valence-corrected chi connectivity index (χ3v) is 5.85. The Kier molecular flexibility index (Phi) is 6.99. The van der Waals surface area contributed by atoms with E-state index in [0.717, 1.165) is 0 Å². The minimum Gasteiger partial charge on any atom is -0.444 e. The summed E-state index contributed by atoms with van der Waals surface area (Å²) in [5, 5.41) is 19.3. The molecule has 0 aromatic heterocycles. The van der Waals surface area contributed by atoms with Gasteiger partial charge in [0.25, 0.3) is 0 Å². The summed E-state index contributed by atoms with van der Waals surface area (Å²) in [6, 6.07) is 1.24. The molecule has 1 amide bonds. The van der Waals surface area contributed by atoms with Crippen molar-refractivity contribution in [3.05, 3.63) is 22.8 Å². The van der Waals surface area contributed by atoms with Gasteiger partial charge in [-0.1, -0.05) is 0 Å². The van der Waals surface area contributed by atoms with Gasteiger partial charge in [-0.25, -0.2) is 4.79 Å². The molecule has 0 bridgehead atoms. The lowest BCUT2D eigenvalue weighted by molar-refractivity contribution is 0.0138. The molecule has 2 N–H and O–H groups in total. The molecule has 0 spiro atoms. The minimum atomic E-state index is -5.02. The van der Waals surface area contributed by atoms with Crippen LogP contribution in [0.2, 0.25) is 0 Å². The van der Waals surface area contributed by atoms with Gasteiger partial charge in [0, 0.05) is 32.7 Å². The van der Waals surface area contributed by atoms with Crippen molar-refractivity contribution in [2.45, 2.75) is 51.7 Å². The van der Waals surface area contributed by atoms with Crippen LogP contribution in [0.1, 0.15) is 37.5 Å². The highest BCUT2D eigenvalue weighted by Crippen LogP contribution is 2.23. The fourth-order valence-corrected chi connectivity index (χ4v) is 4.18. The van der Waals surface area contributed by atoms with Crippen molar-refractivity contribution in [1.29, 1.82) is 0 Å². The molecule has 2 rings (SSSR count). The van der Waals surface area contributed by atoms with Gasteiger partial charge in [-0.05, 0) is 62.8 Å². The summed E-state index contributed by atoms with van der Waals surface area (Å²) in [4.78, 5) is 15.2. The maximum atomic E-state index is 13.7. The Morgan fingerprint density at radius 1 is 1.17 bits per heavy atom. The van der Waals surface area contributed by atoms with Gasteiger partial charge in [0.1, 0.15) is 10.5 Å². The third kappa shape index (κ3) is 5.91. The van der Waals surface area contributed by atoms with Gasteiger partial charge >= 0.3 is 23.4 Å². The molecule has 0 aliphatic carbocycles. The molecule has 162 valence electrons. The molecule has 29 heavy (non-hydrogen) atoms. The van der Waals surface area contributed by atoms with Crippen LogP contribution < -0.4 is 5.46 Å². The second-order valence-corrected chi connectivity index (χ2v) is 9.57. The van der Waals surface area contributed by atoms with Crippen LogP contribution in [0.5, 0.6) is 0 Å². The molecule has 1 fully saturated rings. The van der Waals surface area contributed by atoms with Gasteiger partial charge in [0.2, 0.25) is 0 Å². The summed E-state index contributed by atoms with van der Waals surface area (Å²) in [5.74, 6) is 0. The zero-order chi connectivity index (χ0) is 22.1. The van der Waals surface area contributed by atoms with Gasteiger partial charge in [0.15, 0.2) is 0 Å². The van der Waals surface area contributed by atoms with Crippen molar-refractivity contribution >= 4 is 28.9 Å². The van der Waals surface area contributed by atoms with Crippen molar-refractivity contribution in [2.24, 2.45) is 0 Å². The first kappa shape index (κ1) is 23.6. The second kappa shape index (κ2) is 8.59. The van der Waals surface area contributed by atoms with E-state index in [2.05, 4.69) is 0 Å². The number of piperazine rings is 1. The Morgan fingerprint density at radius 3 is 2.17 bits per heavy atom. The number of nitrogens with zero attached hydrogens (tertiary/aromatic N) is 2. The van der Waals surface area contributed by atoms with Crippen LogP contribution >= 0.6 is 0 Å². The molecule has 1 aromatic carbocycles. The molecule has 1 aliphatic rings. The first-order valence-electron chi connectivity index (χ1n) is 9.34. The number of hydrogen-bond acceptors (Lipinski definition) is 7. The predicted octanol–water partition coefficient (Wildman–Crippen LogP) is 0.694. The minimum absolute atomic E-state index is 0.00823. The smallest absolute Gasteiger partial charge is 0.444 e. The highest BCUT2D eigenvalue weighted by molar-refractivity contribution is 7.86. The van der Waals surface area contributed by atoms with Gasteiger partial charge in [-0.3, -0.25) is 4.90 Å². The van der Waals surface area contributed by atoms with Crippen molar-refractivity contribution < 1.29 is 31.9 Å². The number of carbonyl (C=O) groups is 1. The first-order valence-corrected chi connectivity index (χ1v) is 10.7. The van der Waals surface area contributed by atoms with Gasteiger partial charge in [-0.15, -0.1) is 3.89 Å². The quantitative estimate of drug-likeness (QED) is 0.535. The molecule has 0 unspecified atom stereocenters. The van der Waals surface area contributed by atoms with Gasteiger partial charge < -0.3 is 19.7 Å². The van der Waals surface area contributed by atoms with Crippen LogP contribution in [0.15, 0.2) is 11.0 Å². The van der Waals surface area contributed by atoms with Crippen LogP contribution in [-0.2, 0) is 21.5 Å². The van der Waals surface area contributed by atoms with E-state index in [-0.39, 0.29) is 23.7 Å². The summed E-state index contributed by atoms with van der Waals surface area (Å²) in [7, 11) is -6.93. The maximum absolute atomic E-state index is 13.7. The molecule has 8 nitrogen and oxygen atoms in total. The monoisotopic (exact) mass is 430 g/mol. The molecular weight excluding hydrogens is 402 g/mol. The zero-order valence-electron chi connectivity index (χ0n) is 17.4. The van der Waals surface area contributed by atoms with Crippen molar-refractivity contribution in [3.8, 4) is 0 Å². The lowest BCUT2D eigenvalue weighted by atomic mass is 9.73. The van der Waals surface area contributed by atoms with Crippen LogP contribution in [0.3, 0.4) is 0 Å². The fourth-order valence-electron chi connectivity index (χ4n) is 3.42. The molecule has 1 aromatic rings. The topological polar surface area (TPSA) is 107 Å². The third-order valence-electron chi connectivity index (χ3n) is 4.90. The van der Waals surface area contributed by atoms with E-state index in [0.29, 0.717) is 37.3 Å². The molecule has 1 saturated heterocycles. The average Bonchev–Trinajstić information content (AvgIpc) is 2.55. The summed E-state index contributed by atoms with van der Waals surface area (Å²) >= 11 is 0. The number of benzene rings is 1. The predicted molar refractivity (Wildman–Crippen MR) is 107 cm³/mol. The Hall–Kier alpha value is -1.69. The Morgan fingerprint density at radius 2 is 1.72 bits per heavy atom. The van der Waals surface area contributed by atoms with E-state index < -0.39 is 27.8 Å². The Bertz CT molecular complexity index is 877. The van der Waals surface area contributed by atoms with Crippen LogP contribution in [0.25, 0.3) is 0 Å².